The Balaban J connectivity index is 1.90. The molecule has 16 heavy (non-hydrogen) atoms. The average molecular weight is 241 g/mol. The zero-order valence-corrected chi connectivity index (χ0v) is 10.00. The highest BCUT2D eigenvalue weighted by molar-refractivity contribution is 7.15. The van der Waals surface area contributed by atoms with Crippen molar-refractivity contribution in [2.24, 2.45) is 5.92 Å². The summed E-state index contributed by atoms with van der Waals surface area (Å²) < 4.78 is 4.67. The summed E-state index contributed by atoms with van der Waals surface area (Å²) in [4.78, 5) is 11.1. The number of rotatable bonds is 3. The summed E-state index contributed by atoms with van der Waals surface area (Å²) in [5.41, 5.74) is 5.55. The van der Waals surface area contributed by atoms with Gasteiger partial charge in [0.15, 0.2) is 0 Å². The molecule has 1 aliphatic carbocycles. The minimum atomic E-state index is -0.123. The maximum absolute atomic E-state index is 11.1. The predicted octanol–water partition coefficient (Wildman–Crippen LogP) is 1.57. The smallest absolute Gasteiger partial charge is 0.305 e. The summed E-state index contributed by atoms with van der Waals surface area (Å²) >= 11 is 1.45. The third-order valence-electron chi connectivity index (χ3n) is 3.03. The number of ether oxygens (including phenoxy) is 1. The molecular weight excluding hydrogens is 226 g/mol. The van der Waals surface area contributed by atoms with Gasteiger partial charge in [-0.25, -0.2) is 0 Å². The van der Waals surface area contributed by atoms with E-state index >= 15 is 0 Å². The molecule has 0 aromatic carbocycles. The van der Waals surface area contributed by atoms with Crippen molar-refractivity contribution >= 4 is 22.4 Å². The fourth-order valence-corrected chi connectivity index (χ4v) is 2.97. The molecule has 2 rings (SSSR count). The zero-order chi connectivity index (χ0) is 11.5. The first-order valence-electron chi connectivity index (χ1n) is 5.34. The van der Waals surface area contributed by atoms with Crippen molar-refractivity contribution in [3.05, 3.63) is 5.01 Å². The van der Waals surface area contributed by atoms with Gasteiger partial charge in [-0.05, 0) is 25.2 Å². The largest absolute Gasteiger partial charge is 0.469 e. The molecule has 0 saturated heterocycles. The number of esters is 1. The minimum Gasteiger partial charge on any atom is -0.469 e. The Hall–Kier alpha value is -1.17. The lowest BCUT2D eigenvalue weighted by molar-refractivity contribution is -0.141. The maximum Gasteiger partial charge on any atom is 0.305 e. The van der Waals surface area contributed by atoms with Gasteiger partial charge in [0.1, 0.15) is 5.01 Å². The van der Waals surface area contributed by atoms with Gasteiger partial charge in [0, 0.05) is 12.3 Å². The van der Waals surface area contributed by atoms with Crippen LogP contribution in [0.3, 0.4) is 0 Å². The number of methoxy groups -OCH3 is 1. The first-order chi connectivity index (χ1) is 7.69. The third kappa shape index (κ3) is 2.49. The molecular formula is C10H15N3O2S. The Bertz CT molecular complexity index is 380. The quantitative estimate of drug-likeness (QED) is 0.813. The van der Waals surface area contributed by atoms with Gasteiger partial charge in [-0.15, -0.1) is 10.2 Å². The molecule has 1 aliphatic rings. The van der Waals surface area contributed by atoms with Gasteiger partial charge in [0.05, 0.1) is 7.11 Å². The first kappa shape index (κ1) is 11.3. The van der Waals surface area contributed by atoms with Crippen molar-refractivity contribution in [3.63, 3.8) is 0 Å². The van der Waals surface area contributed by atoms with Crippen LogP contribution in [0, 0.1) is 5.92 Å². The number of anilines is 1. The van der Waals surface area contributed by atoms with Crippen molar-refractivity contribution in [1.29, 1.82) is 0 Å². The fraction of sp³-hybridized carbons (Fsp3) is 0.700. The highest BCUT2D eigenvalue weighted by atomic mass is 32.1. The van der Waals surface area contributed by atoms with Crippen molar-refractivity contribution < 1.29 is 9.53 Å². The molecule has 0 bridgehead atoms. The third-order valence-corrected chi connectivity index (χ3v) is 3.94. The van der Waals surface area contributed by atoms with Gasteiger partial charge in [-0.2, -0.15) is 0 Å². The van der Waals surface area contributed by atoms with E-state index in [1.807, 2.05) is 0 Å². The molecule has 1 heterocycles. The van der Waals surface area contributed by atoms with E-state index in [0.29, 0.717) is 23.4 Å². The van der Waals surface area contributed by atoms with Crippen LogP contribution in [-0.4, -0.2) is 23.3 Å². The Morgan fingerprint density at radius 3 is 3.00 bits per heavy atom. The molecule has 0 spiro atoms. The van der Waals surface area contributed by atoms with Gasteiger partial charge >= 0.3 is 5.97 Å². The van der Waals surface area contributed by atoms with Gasteiger partial charge in [-0.3, -0.25) is 4.79 Å². The van der Waals surface area contributed by atoms with Crippen LogP contribution in [0.5, 0.6) is 0 Å². The van der Waals surface area contributed by atoms with E-state index in [4.69, 9.17) is 5.73 Å². The fourth-order valence-electron chi connectivity index (χ4n) is 2.22. The maximum atomic E-state index is 11.1. The lowest BCUT2D eigenvalue weighted by atomic mass is 10.0. The highest BCUT2D eigenvalue weighted by Crippen LogP contribution is 2.40. The number of aromatic nitrogens is 2. The number of carbonyl (C=O) groups is 1. The summed E-state index contributed by atoms with van der Waals surface area (Å²) in [6.07, 6.45) is 3.63. The van der Waals surface area contributed by atoms with Gasteiger partial charge in [0.25, 0.3) is 0 Å². The molecule has 2 N–H and O–H groups in total. The molecule has 0 amide bonds. The zero-order valence-electron chi connectivity index (χ0n) is 9.18. The van der Waals surface area contributed by atoms with Crippen LogP contribution in [-0.2, 0) is 9.53 Å². The molecule has 88 valence electrons. The molecule has 1 aromatic heterocycles. The second-order valence-electron chi connectivity index (χ2n) is 4.13. The van der Waals surface area contributed by atoms with Crippen molar-refractivity contribution in [3.8, 4) is 0 Å². The number of hydrogen-bond donors (Lipinski definition) is 1. The minimum absolute atomic E-state index is 0.123. The molecule has 0 aliphatic heterocycles. The number of hydrogen-bond acceptors (Lipinski definition) is 6. The van der Waals surface area contributed by atoms with Crippen LogP contribution in [0.4, 0.5) is 5.13 Å². The number of nitrogen functional groups attached to an aromatic ring is 1. The van der Waals surface area contributed by atoms with E-state index in [1.54, 1.807) is 0 Å². The van der Waals surface area contributed by atoms with Crippen LogP contribution in [0.25, 0.3) is 0 Å². The lowest BCUT2D eigenvalue weighted by Gasteiger charge is -2.07. The Morgan fingerprint density at radius 2 is 2.38 bits per heavy atom. The lowest BCUT2D eigenvalue weighted by Crippen LogP contribution is -2.07. The van der Waals surface area contributed by atoms with Crippen LogP contribution in [0.2, 0.25) is 0 Å². The second kappa shape index (κ2) is 4.78. The van der Waals surface area contributed by atoms with Crippen LogP contribution < -0.4 is 5.73 Å². The monoisotopic (exact) mass is 241 g/mol. The standard InChI is InChI=1S/C10H15N3O2S/c1-15-8(14)5-6-2-3-7(4-6)9-12-13-10(11)16-9/h6-7H,2-5H2,1H3,(H2,11,13)/t6-,7+/m0/s1. The molecule has 5 nitrogen and oxygen atoms in total. The predicted molar refractivity (Wildman–Crippen MR) is 61.0 cm³/mol. The van der Waals surface area contributed by atoms with Gasteiger partial charge in [-0.1, -0.05) is 11.3 Å². The SMILES string of the molecule is COC(=O)C[C@H]1CC[C@@H](c2nnc(N)s2)C1. The van der Waals surface area contributed by atoms with E-state index in [9.17, 15) is 4.79 Å². The van der Waals surface area contributed by atoms with E-state index < -0.39 is 0 Å². The molecule has 1 fully saturated rings. The number of carbonyl (C=O) groups excluding carboxylic acids is 1. The normalized spacial score (nSPS) is 24.6. The summed E-state index contributed by atoms with van der Waals surface area (Å²) in [6, 6.07) is 0. The van der Waals surface area contributed by atoms with Gasteiger partial charge in [0.2, 0.25) is 5.13 Å². The second-order valence-corrected chi connectivity index (χ2v) is 5.18. The van der Waals surface area contributed by atoms with E-state index in [0.717, 1.165) is 24.3 Å². The first-order valence-corrected chi connectivity index (χ1v) is 6.16. The van der Waals surface area contributed by atoms with Crippen molar-refractivity contribution in [2.45, 2.75) is 31.6 Å². The van der Waals surface area contributed by atoms with Crippen molar-refractivity contribution in [1.82, 2.24) is 10.2 Å². The molecule has 1 aromatic rings. The highest BCUT2D eigenvalue weighted by Gasteiger charge is 2.29. The van der Waals surface area contributed by atoms with Gasteiger partial charge < -0.3 is 10.5 Å². The molecule has 2 atom stereocenters. The van der Waals surface area contributed by atoms with Crippen LogP contribution >= 0.6 is 11.3 Å². The average Bonchev–Trinajstić information content (AvgIpc) is 2.87. The van der Waals surface area contributed by atoms with Crippen LogP contribution in [0.15, 0.2) is 0 Å². The topological polar surface area (TPSA) is 78.1 Å². The summed E-state index contributed by atoms with van der Waals surface area (Å²) in [5, 5.41) is 9.40. The van der Waals surface area contributed by atoms with E-state index in [1.165, 1.54) is 18.4 Å². The molecule has 6 heteroatoms. The molecule has 1 saturated carbocycles. The summed E-state index contributed by atoms with van der Waals surface area (Å²) in [5.74, 6) is 0.717. The Labute approximate surface area is 98.0 Å². The number of nitrogens with zero attached hydrogens (tertiary/aromatic N) is 2. The Kier molecular flexibility index (Phi) is 3.38. The van der Waals surface area contributed by atoms with E-state index in [2.05, 4.69) is 14.9 Å². The van der Waals surface area contributed by atoms with Crippen molar-refractivity contribution in [2.75, 3.05) is 12.8 Å². The Morgan fingerprint density at radius 1 is 1.56 bits per heavy atom. The summed E-state index contributed by atoms with van der Waals surface area (Å²) in [7, 11) is 1.43. The summed E-state index contributed by atoms with van der Waals surface area (Å²) in [6.45, 7) is 0. The van der Waals surface area contributed by atoms with E-state index in [-0.39, 0.29) is 5.97 Å². The number of nitrogens with two attached hydrogens (primary N) is 1. The molecule has 0 radical (unpaired) electrons. The van der Waals surface area contributed by atoms with Crippen LogP contribution in [0.1, 0.15) is 36.6 Å². The molecule has 0 unspecified atom stereocenters.